The Morgan fingerprint density at radius 1 is 1.24 bits per heavy atom. The molecule has 4 rings (SSSR count). The van der Waals surface area contributed by atoms with Gasteiger partial charge in [-0.3, -0.25) is 19.6 Å². The van der Waals surface area contributed by atoms with Gasteiger partial charge >= 0.3 is 0 Å². The first-order valence-electron chi connectivity index (χ1n) is 10.7. The fourth-order valence-corrected chi connectivity index (χ4v) is 5.32. The van der Waals surface area contributed by atoms with Gasteiger partial charge in [0.1, 0.15) is 5.01 Å². The van der Waals surface area contributed by atoms with E-state index in [9.17, 15) is 4.79 Å². The number of nitrogens with zero attached hydrogens (tertiary/aromatic N) is 5. The third-order valence-corrected chi connectivity index (χ3v) is 7.00. The van der Waals surface area contributed by atoms with Crippen LogP contribution in [-0.4, -0.2) is 69.8 Å². The highest BCUT2D eigenvalue weighted by atomic mass is 32.1. The number of likely N-dealkylation sites (tertiary alicyclic amines) is 2. The highest BCUT2D eigenvalue weighted by molar-refractivity contribution is 7.09. The number of carbonyl (C=O) groups is 1. The monoisotopic (exact) mass is 413 g/mol. The van der Waals surface area contributed by atoms with Crippen LogP contribution in [0.3, 0.4) is 0 Å². The van der Waals surface area contributed by atoms with Gasteiger partial charge in [-0.05, 0) is 56.9 Å². The Bertz CT molecular complexity index is 761. The van der Waals surface area contributed by atoms with Crippen LogP contribution in [0.1, 0.15) is 36.3 Å². The average molecular weight is 414 g/mol. The SMILES string of the molecule is CN(Cc1nccs1)C(=O)[C@@H]1CCCN(C2CCN(Cc3cccnc3)CC2)C1. The zero-order chi connectivity index (χ0) is 20.1. The molecule has 0 aliphatic carbocycles. The van der Waals surface area contributed by atoms with E-state index in [1.807, 2.05) is 35.8 Å². The number of carbonyl (C=O) groups excluding carboxylic acids is 1. The second-order valence-corrected chi connectivity index (χ2v) is 9.30. The molecule has 156 valence electrons. The standard InChI is InChI=1S/C22H31N5OS/c1-25(17-21-24-9-13-29-21)22(28)19-5-3-10-27(16-19)20-6-11-26(12-7-20)15-18-4-2-8-23-14-18/h2,4,8-9,13-14,19-20H,3,5-7,10-12,15-17H2,1H3/t19-/m1/s1. The number of piperidine rings is 2. The fraction of sp³-hybridized carbons (Fsp3) is 0.591. The van der Waals surface area contributed by atoms with Crippen molar-refractivity contribution in [2.75, 3.05) is 33.2 Å². The van der Waals surface area contributed by atoms with Gasteiger partial charge < -0.3 is 4.90 Å². The quantitative estimate of drug-likeness (QED) is 0.729. The second kappa shape index (κ2) is 9.78. The highest BCUT2D eigenvalue weighted by Crippen LogP contribution is 2.26. The summed E-state index contributed by atoms with van der Waals surface area (Å²) in [6.07, 6.45) is 10.1. The molecule has 2 aliphatic rings. The molecule has 0 aromatic carbocycles. The Labute approximate surface area is 177 Å². The van der Waals surface area contributed by atoms with Crippen LogP contribution in [-0.2, 0) is 17.9 Å². The number of aromatic nitrogens is 2. The zero-order valence-electron chi connectivity index (χ0n) is 17.2. The van der Waals surface area contributed by atoms with Crippen molar-refractivity contribution in [2.24, 2.45) is 5.92 Å². The van der Waals surface area contributed by atoms with Gasteiger partial charge in [0.2, 0.25) is 5.91 Å². The van der Waals surface area contributed by atoms with Gasteiger partial charge in [-0.25, -0.2) is 4.98 Å². The molecule has 2 aromatic rings. The highest BCUT2D eigenvalue weighted by Gasteiger charge is 2.32. The lowest BCUT2D eigenvalue weighted by molar-refractivity contribution is -0.137. The predicted molar refractivity (Wildman–Crippen MR) is 115 cm³/mol. The maximum atomic E-state index is 13.0. The third kappa shape index (κ3) is 5.41. The molecule has 0 radical (unpaired) electrons. The Morgan fingerprint density at radius 3 is 2.83 bits per heavy atom. The number of hydrogen-bond acceptors (Lipinski definition) is 6. The number of pyridine rings is 1. The van der Waals surface area contributed by atoms with Crippen LogP contribution >= 0.6 is 11.3 Å². The van der Waals surface area contributed by atoms with Crippen LogP contribution in [0.2, 0.25) is 0 Å². The molecule has 2 aromatic heterocycles. The molecular weight excluding hydrogens is 382 g/mol. The molecule has 6 nitrogen and oxygen atoms in total. The Balaban J connectivity index is 1.26. The Morgan fingerprint density at radius 2 is 2.10 bits per heavy atom. The maximum Gasteiger partial charge on any atom is 0.227 e. The third-order valence-electron chi connectivity index (χ3n) is 6.24. The summed E-state index contributed by atoms with van der Waals surface area (Å²) < 4.78 is 0. The predicted octanol–water partition coefficient (Wildman–Crippen LogP) is 2.87. The lowest BCUT2D eigenvalue weighted by Gasteiger charge is -2.42. The Hall–Kier alpha value is -1.83. The smallest absolute Gasteiger partial charge is 0.227 e. The van der Waals surface area contributed by atoms with Crippen LogP contribution in [0.15, 0.2) is 36.1 Å². The van der Waals surface area contributed by atoms with Crippen molar-refractivity contribution in [3.05, 3.63) is 46.7 Å². The summed E-state index contributed by atoms with van der Waals surface area (Å²) in [6, 6.07) is 4.78. The number of amides is 1. The molecule has 29 heavy (non-hydrogen) atoms. The van der Waals surface area contributed by atoms with Crippen LogP contribution in [0.5, 0.6) is 0 Å². The first-order chi connectivity index (χ1) is 14.2. The molecule has 4 heterocycles. The van der Waals surface area contributed by atoms with E-state index in [0.717, 1.165) is 50.6 Å². The summed E-state index contributed by atoms with van der Waals surface area (Å²) in [4.78, 5) is 28.5. The minimum atomic E-state index is 0.127. The van der Waals surface area contributed by atoms with Crippen molar-refractivity contribution in [3.63, 3.8) is 0 Å². The molecule has 0 saturated carbocycles. The normalized spacial score (nSPS) is 21.9. The molecule has 2 fully saturated rings. The Kier molecular flexibility index (Phi) is 6.90. The van der Waals surface area contributed by atoms with Gasteiger partial charge in [-0.15, -0.1) is 11.3 Å². The summed E-state index contributed by atoms with van der Waals surface area (Å²) in [5.74, 6) is 0.404. The summed E-state index contributed by atoms with van der Waals surface area (Å²) in [7, 11) is 1.92. The first-order valence-corrected chi connectivity index (χ1v) is 11.6. The number of hydrogen-bond donors (Lipinski definition) is 0. The minimum absolute atomic E-state index is 0.127. The zero-order valence-corrected chi connectivity index (χ0v) is 18.1. The molecule has 1 atom stereocenters. The summed E-state index contributed by atoms with van der Waals surface area (Å²) in [5.41, 5.74) is 1.29. The van der Waals surface area contributed by atoms with E-state index in [2.05, 4.69) is 25.8 Å². The summed E-state index contributed by atoms with van der Waals surface area (Å²) in [5, 5.41) is 2.98. The van der Waals surface area contributed by atoms with Crippen molar-refractivity contribution in [2.45, 2.75) is 44.8 Å². The molecule has 0 N–H and O–H groups in total. The van der Waals surface area contributed by atoms with Crippen LogP contribution in [0.25, 0.3) is 0 Å². The van der Waals surface area contributed by atoms with Crippen molar-refractivity contribution >= 4 is 17.2 Å². The largest absolute Gasteiger partial charge is 0.339 e. The molecule has 1 amide bonds. The topological polar surface area (TPSA) is 52.6 Å². The van der Waals surface area contributed by atoms with E-state index in [1.54, 1.807) is 17.5 Å². The van der Waals surface area contributed by atoms with Gasteiger partial charge in [0, 0.05) is 50.1 Å². The van der Waals surface area contributed by atoms with Gasteiger partial charge in [-0.2, -0.15) is 0 Å². The first kappa shape index (κ1) is 20.4. The molecule has 0 unspecified atom stereocenters. The van der Waals surface area contributed by atoms with Crippen molar-refractivity contribution in [3.8, 4) is 0 Å². The second-order valence-electron chi connectivity index (χ2n) is 8.32. The van der Waals surface area contributed by atoms with Crippen molar-refractivity contribution in [1.82, 2.24) is 24.7 Å². The molecular formula is C22H31N5OS. The van der Waals surface area contributed by atoms with E-state index < -0.39 is 0 Å². The van der Waals surface area contributed by atoms with E-state index >= 15 is 0 Å². The van der Waals surface area contributed by atoms with E-state index in [0.29, 0.717) is 12.6 Å². The average Bonchev–Trinajstić information content (AvgIpc) is 3.27. The van der Waals surface area contributed by atoms with Crippen LogP contribution in [0, 0.1) is 5.92 Å². The van der Waals surface area contributed by atoms with Crippen molar-refractivity contribution in [1.29, 1.82) is 0 Å². The van der Waals surface area contributed by atoms with Gasteiger partial charge in [0.15, 0.2) is 0 Å². The lowest BCUT2D eigenvalue weighted by atomic mass is 9.93. The maximum absolute atomic E-state index is 13.0. The van der Waals surface area contributed by atoms with E-state index in [1.165, 1.54) is 18.4 Å². The van der Waals surface area contributed by atoms with Gasteiger partial charge in [0.05, 0.1) is 12.5 Å². The van der Waals surface area contributed by atoms with Crippen LogP contribution in [0.4, 0.5) is 0 Å². The van der Waals surface area contributed by atoms with Gasteiger partial charge in [-0.1, -0.05) is 6.07 Å². The fourth-order valence-electron chi connectivity index (χ4n) is 4.66. The van der Waals surface area contributed by atoms with E-state index in [4.69, 9.17) is 0 Å². The van der Waals surface area contributed by atoms with Crippen LogP contribution < -0.4 is 0 Å². The number of rotatable bonds is 6. The van der Waals surface area contributed by atoms with E-state index in [-0.39, 0.29) is 11.8 Å². The number of thiazole rings is 1. The molecule has 2 aliphatic heterocycles. The molecule has 2 saturated heterocycles. The summed E-state index contributed by atoms with van der Waals surface area (Å²) >= 11 is 1.62. The van der Waals surface area contributed by atoms with Gasteiger partial charge in [0.25, 0.3) is 0 Å². The van der Waals surface area contributed by atoms with Crippen molar-refractivity contribution < 1.29 is 4.79 Å². The molecule has 0 spiro atoms. The minimum Gasteiger partial charge on any atom is -0.339 e. The lowest BCUT2D eigenvalue weighted by Crippen LogP contribution is -2.50. The molecule has 7 heteroatoms. The summed E-state index contributed by atoms with van der Waals surface area (Å²) in [6.45, 7) is 5.90. The molecule has 0 bridgehead atoms.